The van der Waals surface area contributed by atoms with E-state index in [2.05, 4.69) is 10.6 Å². The highest BCUT2D eigenvalue weighted by Crippen LogP contribution is 2.16. The lowest BCUT2D eigenvalue weighted by Crippen LogP contribution is -2.47. The minimum Gasteiger partial charge on any atom is -0.355 e. The maximum atomic E-state index is 12.6. The van der Waals surface area contributed by atoms with Crippen molar-refractivity contribution in [3.8, 4) is 0 Å². The molecular formula is C20H20ClN3O4. The Labute approximate surface area is 167 Å². The number of ether oxygens (including phenoxy) is 1. The normalized spacial score (nSPS) is 15.9. The molecule has 0 bridgehead atoms. The average Bonchev–Trinajstić information content (AvgIpc) is 3.19. The fourth-order valence-corrected chi connectivity index (χ4v) is 2.93. The number of nitrogens with zero attached hydrogens (tertiary/aromatic N) is 1. The Morgan fingerprint density at radius 3 is 2.39 bits per heavy atom. The van der Waals surface area contributed by atoms with Gasteiger partial charge in [0.2, 0.25) is 0 Å². The molecule has 146 valence electrons. The molecular weight excluding hydrogens is 382 g/mol. The molecule has 3 amide bonds. The Morgan fingerprint density at radius 1 is 1.00 bits per heavy atom. The van der Waals surface area contributed by atoms with Gasteiger partial charge in [0.05, 0.1) is 13.2 Å². The largest absolute Gasteiger partial charge is 0.355 e. The monoisotopic (exact) mass is 401 g/mol. The SMILES string of the molecule is O=C(NCc1ccccc1)C(=O)NC[C@@H]1OCCN1C(=O)c1ccc(Cl)cc1. The molecule has 1 heterocycles. The lowest BCUT2D eigenvalue weighted by molar-refractivity contribution is -0.139. The first-order valence-electron chi connectivity index (χ1n) is 8.82. The molecule has 2 aromatic rings. The van der Waals surface area contributed by atoms with Crippen molar-refractivity contribution in [3.05, 3.63) is 70.7 Å². The molecule has 0 aromatic heterocycles. The molecule has 0 saturated carbocycles. The summed E-state index contributed by atoms with van der Waals surface area (Å²) in [6, 6.07) is 15.8. The second kappa shape index (κ2) is 9.34. The van der Waals surface area contributed by atoms with Gasteiger partial charge in [0.1, 0.15) is 6.23 Å². The van der Waals surface area contributed by atoms with Crippen molar-refractivity contribution < 1.29 is 19.1 Å². The molecule has 1 aliphatic heterocycles. The van der Waals surface area contributed by atoms with Crippen LogP contribution >= 0.6 is 11.6 Å². The van der Waals surface area contributed by atoms with Gasteiger partial charge in [0.15, 0.2) is 0 Å². The Bertz CT molecular complexity index is 842. The number of halogens is 1. The molecule has 1 saturated heterocycles. The summed E-state index contributed by atoms with van der Waals surface area (Å²) in [6.07, 6.45) is -0.631. The Balaban J connectivity index is 1.49. The standard InChI is InChI=1S/C20H20ClN3O4/c21-16-8-6-15(7-9-16)20(27)24-10-11-28-17(24)13-23-19(26)18(25)22-12-14-4-2-1-3-5-14/h1-9,17H,10-13H2,(H,22,25)(H,23,26)/t17-/m0/s1. The minimum absolute atomic E-state index is 0.0247. The van der Waals surface area contributed by atoms with Crippen LogP contribution in [-0.2, 0) is 20.9 Å². The van der Waals surface area contributed by atoms with Gasteiger partial charge in [-0.2, -0.15) is 0 Å². The van der Waals surface area contributed by atoms with Crippen molar-refractivity contribution in [2.24, 2.45) is 0 Å². The van der Waals surface area contributed by atoms with Gasteiger partial charge in [-0.1, -0.05) is 41.9 Å². The van der Waals surface area contributed by atoms with E-state index in [0.29, 0.717) is 23.7 Å². The summed E-state index contributed by atoms with van der Waals surface area (Å²) in [5.74, 6) is -1.73. The van der Waals surface area contributed by atoms with Crippen LogP contribution in [0.1, 0.15) is 15.9 Å². The van der Waals surface area contributed by atoms with Crippen LogP contribution in [0.3, 0.4) is 0 Å². The van der Waals surface area contributed by atoms with E-state index in [9.17, 15) is 14.4 Å². The van der Waals surface area contributed by atoms with Crippen LogP contribution in [0.2, 0.25) is 5.02 Å². The number of carbonyl (C=O) groups is 3. The van der Waals surface area contributed by atoms with Crippen LogP contribution in [0.4, 0.5) is 0 Å². The molecule has 3 rings (SSSR count). The van der Waals surface area contributed by atoms with Crippen LogP contribution in [0, 0.1) is 0 Å². The third-order valence-corrected chi connectivity index (χ3v) is 4.53. The van der Waals surface area contributed by atoms with Crippen molar-refractivity contribution in [1.29, 1.82) is 0 Å². The van der Waals surface area contributed by atoms with Gasteiger partial charge in [-0.05, 0) is 29.8 Å². The highest BCUT2D eigenvalue weighted by molar-refractivity contribution is 6.35. The van der Waals surface area contributed by atoms with E-state index < -0.39 is 18.0 Å². The van der Waals surface area contributed by atoms with Gasteiger partial charge in [-0.15, -0.1) is 0 Å². The molecule has 0 aliphatic carbocycles. The van der Waals surface area contributed by atoms with Crippen molar-refractivity contribution in [2.75, 3.05) is 19.7 Å². The zero-order valence-electron chi connectivity index (χ0n) is 15.1. The summed E-state index contributed by atoms with van der Waals surface area (Å²) in [6.45, 7) is 1.05. The topological polar surface area (TPSA) is 87.7 Å². The average molecular weight is 402 g/mol. The first kappa shape index (κ1) is 19.9. The predicted octanol–water partition coefficient (Wildman–Crippen LogP) is 1.57. The smallest absolute Gasteiger partial charge is 0.309 e. The van der Waals surface area contributed by atoms with Gasteiger partial charge in [-0.3, -0.25) is 14.4 Å². The van der Waals surface area contributed by atoms with Gasteiger partial charge in [0, 0.05) is 23.7 Å². The van der Waals surface area contributed by atoms with E-state index in [0.717, 1.165) is 5.56 Å². The Morgan fingerprint density at radius 2 is 1.68 bits per heavy atom. The van der Waals surface area contributed by atoms with E-state index in [1.807, 2.05) is 30.3 Å². The van der Waals surface area contributed by atoms with Crippen molar-refractivity contribution in [2.45, 2.75) is 12.8 Å². The van der Waals surface area contributed by atoms with Crippen LogP contribution in [-0.4, -0.2) is 48.5 Å². The molecule has 2 N–H and O–H groups in total. The molecule has 2 aromatic carbocycles. The summed E-state index contributed by atoms with van der Waals surface area (Å²) in [7, 11) is 0. The van der Waals surface area contributed by atoms with Crippen molar-refractivity contribution in [3.63, 3.8) is 0 Å². The minimum atomic E-state index is -0.773. The number of amides is 3. The third-order valence-electron chi connectivity index (χ3n) is 4.28. The van der Waals surface area contributed by atoms with Crippen molar-refractivity contribution >= 4 is 29.3 Å². The zero-order chi connectivity index (χ0) is 19.9. The third kappa shape index (κ3) is 5.09. The number of carbonyl (C=O) groups excluding carboxylic acids is 3. The van der Waals surface area contributed by atoms with E-state index in [4.69, 9.17) is 16.3 Å². The summed E-state index contributed by atoms with van der Waals surface area (Å²) < 4.78 is 5.52. The molecule has 0 unspecified atom stereocenters. The molecule has 1 atom stereocenters. The zero-order valence-corrected chi connectivity index (χ0v) is 15.8. The first-order valence-corrected chi connectivity index (χ1v) is 9.20. The maximum absolute atomic E-state index is 12.6. The highest BCUT2D eigenvalue weighted by atomic mass is 35.5. The second-order valence-corrected chi connectivity index (χ2v) is 6.65. The van der Waals surface area contributed by atoms with Gasteiger partial charge >= 0.3 is 11.8 Å². The Hall–Kier alpha value is -2.90. The summed E-state index contributed by atoms with van der Waals surface area (Å²) in [4.78, 5) is 38.1. The van der Waals surface area contributed by atoms with Crippen LogP contribution in [0.25, 0.3) is 0 Å². The molecule has 7 nitrogen and oxygen atoms in total. The Kier molecular flexibility index (Phi) is 6.62. The van der Waals surface area contributed by atoms with Crippen LogP contribution in [0.5, 0.6) is 0 Å². The maximum Gasteiger partial charge on any atom is 0.309 e. The van der Waals surface area contributed by atoms with Gasteiger partial charge in [0.25, 0.3) is 5.91 Å². The van der Waals surface area contributed by atoms with E-state index >= 15 is 0 Å². The molecule has 0 spiro atoms. The fourth-order valence-electron chi connectivity index (χ4n) is 2.80. The first-order chi connectivity index (χ1) is 13.5. The van der Waals surface area contributed by atoms with E-state index in [1.54, 1.807) is 24.3 Å². The summed E-state index contributed by atoms with van der Waals surface area (Å²) in [5.41, 5.74) is 1.37. The second-order valence-electron chi connectivity index (χ2n) is 6.21. The van der Waals surface area contributed by atoms with Gasteiger partial charge in [-0.25, -0.2) is 0 Å². The number of nitrogens with one attached hydrogen (secondary N) is 2. The molecule has 8 heteroatoms. The van der Waals surface area contributed by atoms with Gasteiger partial charge < -0.3 is 20.3 Å². The fraction of sp³-hybridized carbons (Fsp3) is 0.250. The molecule has 1 aliphatic rings. The van der Waals surface area contributed by atoms with Crippen LogP contribution < -0.4 is 10.6 Å². The lowest BCUT2D eigenvalue weighted by Gasteiger charge is -2.23. The summed E-state index contributed by atoms with van der Waals surface area (Å²) in [5, 5.41) is 5.61. The highest BCUT2D eigenvalue weighted by Gasteiger charge is 2.31. The van der Waals surface area contributed by atoms with Crippen LogP contribution in [0.15, 0.2) is 54.6 Å². The predicted molar refractivity (Wildman–Crippen MR) is 104 cm³/mol. The number of hydrogen-bond donors (Lipinski definition) is 2. The molecule has 28 heavy (non-hydrogen) atoms. The van der Waals surface area contributed by atoms with Crippen molar-refractivity contribution in [1.82, 2.24) is 15.5 Å². The number of hydrogen-bond acceptors (Lipinski definition) is 4. The van der Waals surface area contributed by atoms with E-state index in [-0.39, 0.29) is 19.0 Å². The number of rotatable bonds is 5. The lowest BCUT2D eigenvalue weighted by atomic mass is 10.2. The number of benzene rings is 2. The molecule has 0 radical (unpaired) electrons. The summed E-state index contributed by atoms with van der Waals surface area (Å²) >= 11 is 5.85. The van der Waals surface area contributed by atoms with E-state index in [1.165, 1.54) is 4.90 Å². The quantitative estimate of drug-likeness (QED) is 0.744. The molecule has 1 fully saturated rings.